The highest BCUT2D eigenvalue weighted by Gasteiger charge is 2.12. The molecule has 0 N–H and O–H groups in total. The lowest BCUT2D eigenvalue weighted by Crippen LogP contribution is -2.00. The Bertz CT molecular complexity index is 494. The second kappa shape index (κ2) is 3.26. The molecular formula is C8H6ClN3O2. The molecule has 6 heteroatoms. The van der Waals surface area contributed by atoms with Crippen LogP contribution >= 0.6 is 11.6 Å². The number of halogens is 1. The van der Waals surface area contributed by atoms with Crippen molar-refractivity contribution in [1.82, 2.24) is 14.6 Å². The van der Waals surface area contributed by atoms with E-state index >= 15 is 0 Å². The van der Waals surface area contributed by atoms with Crippen molar-refractivity contribution in [2.75, 3.05) is 7.11 Å². The summed E-state index contributed by atoms with van der Waals surface area (Å²) in [5.74, 6) is -0.442. The first-order valence-corrected chi connectivity index (χ1v) is 4.17. The summed E-state index contributed by atoms with van der Waals surface area (Å²) in [5, 5.41) is 4.23. The van der Waals surface area contributed by atoms with E-state index in [0.29, 0.717) is 16.2 Å². The van der Waals surface area contributed by atoms with Crippen LogP contribution < -0.4 is 0 Å². The average Bonchev–Trinajstić information content (AvgIpc) is 2.59. The summed E-state index contributed by atoms with van der Waals surface area (Å²) < 4.78 is 6.04. The van der Waals surface area contributed by atoms with Crippen LogP contribution in [0.5, 0.6) is 0 Å². The predicted octanol–water partition coefficient (Wildman–Crippen LogP) is 1.17. The topological polar surface area (TPSA) is 56.5 Å². The van der Waals surface area contributed by atoms with Crippen LogP contribution in [0.3, 0.4) is 0 Å². The van der Waals surface area contributed by atoms with Gasteiger partial charge >= 0.3 is 5.97 Å². The number of aromatic nitrogens is 3. The highest BCUT2D eigenvalue weighted by atomic mass is 35.5. The van der Waals surface area contributed by atoms with Gasteiger partial charge in [-0.2, -0.15) is 5.10 Å². The van der Waals surface area contributed by atoms with Gasteiger partial charge in [0, 0.05) is 6.07 Å². The third-order valence-corrected chi connectivity index (χ3v) is 1.99. The molecule has 0 saturated heterocycles. The Kier molecular flexibility index (Phi) is 2.09. The number of methoxy groups -OCH3 is 1. The Morgan fingerprint density at radius 2 is 2.43 bits per heavy atom. The molecule has 0 aliphatic carbocycles. The summed E-state index contributed by atoms with van der Waals surface area (Å²) in [6, 6.07) is 1.56. The fourth-order valence-electron chi connectivity index (χ4n) is 1.13. The summed E-state index contributed by atoms with van der Waals surface area (Å²) in [5.41, 5.74) is 0.952. The van der Waals surface area contributed by atoms with E-state index in [1.54, 1.807) is 6.07 Å². The molecular weight excluding hydrogens is 206 g/mol. The molecule has 5 nitrogen and oxygen atoms in total. The van der Waals surface area contributed by atoms with Crippen LogP contribution in [0.2, 0.25) is 5.15 Å². The van der Waals surface area contributed by atoms with Gasteiger partial charge in [0.05, 0.1) is 18.8 Å². The number of nitrogens with zero attached hydrogens (tertiary/aromatic N) is 3. The molecule has 2 heterocycles. The number of esters is 1. The molecule has 2 aromatic heterocycles. The molecule has 0 aliphatic heterocycles. The van der Waals surface area contributed by atoms with E-state index in [1.165, 1.54) is 24.1 Å². The molecule has 0 radical (unpaired) electrons. The van der Waals surface area contributed by atoms with Gasteiger partial charge in [0.15, 0.2) is 0 Å². The van der Waals surface area contributed by atoms with E-state index < -0.39 is 5.97 Å². The minimum Gasteiger partial charge on any atom is -0.465 e. The lowest BCUT2D eigenvalue weighted by atomic mass is 10.3. The molecule has 0 spiro atoms. The van der Waals surface area contributed by atoms with Crippen LogP contribution in [-0.2, 0) is 4.74 Å². The molecule has 0 atom stereocenters. The van der Waals surface area contributed by atoms with Crippen molar-refractivity contribution in [2.24, 2.45) is 0 Å². The third kappa shape index (κ3) is 1.31. The highest BCUT2D eigenvalue weighted by Crippen LogP contribution is 2.14. The first kappa shape index (κ1) is 8.96. The lowest BCUT2D eigenvalue weighted by molar-refractivity contribution is 0.0603. The van der Waals surface area contributed by atoms with Gasteiger partial charge in [-0.1, -0.05) is 11.6 Å². The Labute approximate surface area is 84.3 Å². The molecule has 14 heavy (non-hydrogen) atoms. The summed E-state index contributed by atoms with van der Waals surface area (Å²) in [7, 11) is 1.31. The second-order valence-corrected chi connectivity index (χ2v) is 2.98. The highest BCUT2D eigenvalue weighted by molar-refractivity contribution is 6.29. The molecule has 0 aliphatic rings. The summed E-state index contributed by atoms with van der Waals surface area (Å²) >= 11 is 5.69. The minimum atomic E-state index is -0.442. The molecule has 0 bridgehead atoms. The standard InChI is InChI=1S/C8H6ClN3O2/c1-14-8(13)5-3-11-12-4-10-7(9)2-6(5)12/h2-4H,1H3. The van der Waals surface area contributed by atoms with Crippen molar-refractivity contribution in [3.05, 3.63) is 29.3 Å². The van der Waals surface area contributed by atoms with Crippen LogP contribution in [0.25, 0.3) is 5.52 Å². The van der Waals surface area contributed by atoms with Crippen LogP contribution in [0, 0.1) is 0 Å². The van der Waals surface area contributed by atoms with Crippen LogP contribution in [-0.4, -0.2) is 27.7 Å². The van der Waals surface area contributed by atoms with Gasteiger partial charge in [-0.15, -0.1) is 0 Å². The van der Waals surface area contributed by atoms with E-state index in [0.717, 1.165) is 0 Å². The van der Waals surface area contributed by atoms with Crippen LogP contribution in [0.4, 0.5) is 0 Å². The SMILES string of the molecule is COC(=O)c1cnn2cnc(Cl)cc12. The molecule has 72 valence electrons. The smallest absolute Gasteiger partial charge is 0.341 e. The average molecular weight is 212 g/mol. The quantitative estimate of drug-likeness (QED) is 0.525. The van der Waals surface area contributed by atoms with Crippen LogP contribution in [0.15, 0.2) is 18.6 Å². The number of rotatable bonds is 1. The third-order valence-electron chi connectivity index (χ3n) is 1.79. The number of hydrogen-bond acceptors (Lipinski definition) is 4. The number of carbonyl (C=O) groups is 1. The molecule has 0 saturated carbocycles. The van der Waals surface area contributed by atoms with Gasteiger partial charge in [0.1, 0.15) is 17.0 Å². The van der Waals surface area contributed by atoms with Gasteiger partial charge in [0.25, 0.3) is 0 Å². The van der Waals surface area contributed by atoms with Crippen molar-refractivity contribution in [1.29, 1.82) is 0 Å². The molecule has 2 aromatic rings. The zero-order valence-corrected chi connectivity index (χ0v) is 8.02. The first-order valence-electron chi connectivity index (χ1n) is 3.79. The lowest BCUT2D eigenvalue weighted by Gasteiger charge is -1.96. The van der Waals surface area contributed by atoms with Gasteiger partial charge in [-0.3, -0.25) is 0 Å². The maximum Gasteiger partial charge on any atom is 0.341 e. The van der Waals surface area contributed by atoms with Crippen molar-refractivity contribution >= 4 is 23.1 Å². The van der Waals surface area contributed by atoms with E-state index in [1.807, 2.05) is 0 Å². The number of carbonyl (C=O) groups excluding carboxylic acids is 1. The number of fused-ring (bicyclic) bond motifs is 1. The first-order chi connectivity index (χ1) is 6.72. The van der Waals surface area contributed by atoms with E-state index in [4.69, 9.17) is 11.6 Å². The largest absolute Gasteiger partial charge is 0.465 e. The van der Waals surface area contributed by atoms with Gasteiger partial charge in [0.2, 0.25) is 0 Å². The number of ether oxygens (including phenoxy) is 1. The van der Waals surface area contributed by atoms with E-state index in [-0.39, 0.29) is 0 Å². The van der Waals surface area contributed by atoms with Crippen molar-refractivity contribution in [3.8, 4) is 0 Å². The summed E-state index contributed by atoms with van der Waals surface area (Å²) in [6.07, 6.45) is 2.85. The Morgan fingerprint density at radius 3 is 3.14 bits per heavy atom. The molecule has 0 amide bonds. The fourth-order valence-corrected chi connectivity index (χ4v) is 1.28. The van der Waals surface area contributed by atoms with Gasteiger partial charge < -0.3 is 4.74 Å². The molecule has 0 unspecified atom stereocenters. The maximum atomic E-state index is 11.3. The molecule has 0 fully saturated rings. The maximum absolute atomic E-state index is 11.3. The van der Waals surface area contributed by atoms with Crippen LogP contribution in [0.1, 0.15) is 10.4 Å². The van der Waals surface area contributed by atoms with Gasteiger partial charge in [-0.05, 0) is 0 Å². The Morgan fingerprint density at radius 1 is 1.64 bits per heavy atom. The molecule has 2 rings (SSSR count). The second-order valence-electron chi connectivity index (χ2n) is 2.59. The normalized spacial score (nSPS) is 10.4. The van der Waals surface area contributed by atoms with Crippen molar-refractivity contribution in [3.63, 3.8) is 0 Å². The number of hydrogen-bond donors (Lipinski definition) is 0. The Hall–Kier alpha value is -1.62. The predicted molar refractivity (Wildman–Crippen MR) is 49.3 cm³/mol. The fraction of sp³-hybridized carbons (Fsp3) is 0.125. The van der Waals surface area contributed by atoms with Crippen molar-refractivity contribution < 1.29 is 9.53 Å². The Balaban J connectivity index is 2.67. The van der Waals surface area contributed by atoms with E-state index in [2.05, 4.69) is 14.8 Å². The zero-order valence-electron chi connectivity index (χ0n) is 7.27. The van der Waals surface area contributed by atoms with Crippen molar-refractivity contribution in [2.45, 2.75) is 0 Å². The minimum absolute atomic E-state index is 0.308. The zero-order chi connectivity index (χ0) is 10.1. The van der Waals surface area contributed by atoms with E-state index in [9.17, 15) is 4.79 Å². The monoisotopic (exact) mass is 211 g/mol. The summed E-state index contributed by atoms with van der Waals surface area (Å²) in [6.45, 7) is 0. The summed E-state index contributed by atoms with van der Waals surface area (Å²) in [4.78, 5) is 15.1. The molecule has 0 aromatic carbocycles. The van der Waals surface area contributed by atoms with Gasteiger partial charge in [-0.25, -0.2) is 14.3 Å².